The van der Waals surface area contributed by atoms with Crippen LogP contribution in [-0.2, 0) is 4.08 Å². The van der Waals surface area contributed by atoms with Crippen molar-refractivity contribution in [2.75, 3.05) is 7.11 Å². The Morgan fingerprint density at radius 1 is 1.64 bits per heavy atom. The molecule has 0 aliphatic rings. The van der Waals surface area contributed by atoms with E-state index in [0.717, 1.165) is 0 Å². The molecule has 0 bridgehead atoms. The summed E-state index contributed by atoms with van der Waals surface area (Å²) in [5.74, 6) is -0.986. The molecule has 0 heterocycles. The van der Waals surface area contributed by atoms with Crippen LogP contribution in [0, 0.1) is 15.9 Å². The van der Waals surface area contributed by atoms with Gasteiger partial charge in [-0.25, -0.2) is 0 Å². The van der Waals surface area contributed by atoms with E-state index >= 15 is 0 Å². The summed E-state index contributed by atoms with van der Waals surface area (Å²) in [6, 6.07) is 2.60. The second-order valence-corrected chi connectivity index (χ2v) is 3.65. The summed E-state index contributed by atoms with van der Waals surface area (Å²) in [6.07, 6.45) is 0. The van der Waals surface area contributed by atoms with Crippen molar-refractivity contribution in [3.8, 4) is 5.75 Å². The molecule has 0 atom stereocenters. The van der Waals surface area contributed by atoms with Crippen molar-refractivity contribution in [1.82, 2.24) is 0 Å². The topological polar surface area (TPSA) is 52.4 Å². The molecule has 0 aliphatic heterocycles. The van der Waals surface area contributed by atoms with E-state index in [1.165, 1.54) is 44.3 Å². The van der Waals surface area contributed by atoms with E-state index in [-0.39, 0.29) is 11.4 Å². The summed E-state index contributed by atoms with van der Waals surface area (Å²) in [5.41, 5.74) is 0.300. The van der Waals surface area contributed by atoms with Crippen molar-refractivity contribution < 1.29 is 14.1 Å². The van der Waals surface area contributed by atoms with Gasteiger partial charge in [-0.05, 0) is 0 Å². The molecule has 6 heteroatoms. The molecule has 0 fully saturated rings. The van der Waals surface area contributed by atoms with Crippen LogP contribution in [0.15, 0.2) is 12.1 Å². The number of methoxy groups -OCH3 is 1. The Morgan fingerprint density at radius 2 is 2.29 bits per heavy atom. The number of nitro benzene ring substituents is 1. The predicted octanol–water partition coefficient (Wildman–Crippen LogP) is 1.41. The maximum atomic E-state index is 13.2. The molecule has 1 rings (SSSR count). The van der Waals surface area contributed by atoms with Gasteiger partial charge in [0.2, 0.25) is 0 Å². The number of hydrogen-bond donors (Lipinski definition) is 0. The monoisotopic (exact) mass is 393 g/mol. The molecule has 1 aromatic carbocycles. The minimum absolute atomic E-state index is 0.304. The molecule has 75 valence electrons. The van der Waals surface area contributed by atoms with E-state index in [9.17, 15) is 14.5 Å². The van der Waals surface area contributed by atoms with Gasteiger partial charge in [0.05, 0.1) is 0 Å². The number of rotatable bonds is 3. The van der Waals surface area contributed by atoms with E-state index in [1.807, 2.05) is 0 Å². The van der Waals surface area contributed by atoms with Gasteiger partial charge in [0.25, 0.3) is 0 Å². The fourth-order valence-corrected chi connectivity index (χ4v) is 1.70. The van der Waals surface area contributed by atoms with E-state index in [2.05, 4.69) is 4.74 Å². The minimum atomic E-state index is -0.682. The first-order valence-electron chi connectivity index (χ1n) is 3.69. The molecule has 1 aromatic rings. The molecular formula is C8H7FNO3Po. The van der Waals surface area contributed by atoms with Gasteiger partial charge in [0.15, 0.2) is 0 Å². The Bertz CT molecular complexity index is 370. The Hall–Kier alpha value is -0.754. The molecule has 0 aromatic heterocycles. The van der Waals surface area contributed by atoms with Gasteiger partial charge in [-0.15, -0.1) is 0 Å². The van der Waals surface area contributed by atoms with E-state index in [4.69, 9.17) is 0 Å². The number of benzene rings is 1. The molecule has 0 saturated heterocycles. The zero-order valence-electron chi connectivity index (χ0n) is 7.32. The summed E-state index contributed by atoms with van der Waals surface area (Å²) >= 11 is 1.22. The van der Waals surface area contributed by atoms with Crippen molar-refractivity contribution in [1.29, 1.82) is 0 Å². The Balaban J connectivity index is 3.35. The molecule has 0 amide bonds. The van der Waals surface area contributed by atoms with Gasteiger partial charge in [-0.2, -0.15) is 0 Å². The van der Waals surface area contributed by atoms with Crippen LogP contribution in [0.1, 0.15) is 5.56 Å². The van der Waals surface area contributed by atoms with E-state index in [1.54, 1.807) is 0 Å². The number of nitro groups is 1. The summed E-state index contributed by atoms with van der Waals surface area (Å²) in [6.45, 7) is 0. The average molecular weight is 393 g/mol. The van der Waals surface area contributed by atoms with Crippen LogP contribution in [0.4, 0.5) is 10.1 Å². The van der Waals surface area contributed by atoms with Gasteiger partial charge in [0, 0.05) is 0 Å². The standard InChI is InChI=1S/C8H7FNO3.Po/c1-5-3-6(9)8(13-2)7(4-5)10(11)12;/h3-4H,1H2,2H3;. The van der Waals surface area contributed by atoms with Crippen LogP contribution in [0.3, 0.4) is 0 Å². The van der Waals surface area contributed by atoms with Crippen LogP contribution in [0.5, 0.6) is 5.75 Å². The summed E-state index contributed by atoms with van der Waals surface area (Å²) in [7, 11) is 1.21. The van der Waals surface area contributed by atoms with Crippen molar-refractivity contribution >= 4 is 30.8 Å². The normalized spacial score (nSPS) is 9.93. The summed E-state index contributed by atoms with van der Waals surface area (Å²) in [5, 5.41) is 10.6. The van der Waals surface area contributed by atoms with Gasteiger partial charge >= 0.3 is 95.4 Å². The van der Waals surface area contributed by atoms with Crippen LogP contribution in [0.25, 0.3) is 0 Å². The first-order valence-corrected chi connectivity index (χ1v) is 5.93. The van der Waals surface area contributed by atoms with Crippen LogP contribution in [0.2, 0.25) is 0 Å². The molecule has 14 heavy (non-hydrogen) atoms. The molecule has 1 radical (unpaired) electrons. The summed E-state index contributed by atoms with van der Waals surface area (Å²) in [4.78, 5) is 9.92. The second-order valence-electron chi connectivity index (χ2n) is 2.53. The zero-order valence-corrected chi connectivity index (χ0v) is 10.5. The van der Waals surface area contributed by atoms with Crippen molar-refractivity contribution in [2.24, 2.45) is 0 Å². The molecule has 0 spiro atoms. The third-order valence-corrected chi connectivity index (χ3v) is 2.95. The van der Waals surface area contributed by atoms with E-state index < -0.39 is 10.7 Å². The third kappa shape index (κ3) is 2.18. The molecule has 4 nitrogen and oxygen atoms in total. The first kappa shape index (κ1) is 11.3. The van der Waals surface area contributed by atoms with Gasteiger partial charge in [-0.3, -0.25) is 0 Å². The first-order chi connectivity index (χ1) is 6.60. The van der Waals surface area contributed by atoms with Gasteiger partial charge in [0.1, 0.15) is 0 Å². The van der Waals surface area contributed by atoms with Crippen LogP contribution >= 0.6 is 0 Å². The molecule has 0 aliphatic carbocycles. The number of hydrogen-bond acceptors (Lipinski definition) is 3. The number of ether oxygens (including phenoxy) is 1. The average Bonchev–Trinajstić information content (AvgIpc) is 2.16. The fraction of sp³-hybridized carbons (Fsp3) is 0.250. The third-order valence-electron chi connectivity index (χ3n) is 1.65. The van der Waals surface area contributed by atoms with E-state index in [0.29, 0.717) is 9.64 Å². The van der Waals surface area contributed by atoms with Crippen LogP contribution in [-0.4, -0.2) is 37.1 Å². The van der Waals surface area contributed by atoms with Crippen LogP contribution < -0.4 is 4.74 Å². The number of halogens is 1. The predicted molar refractivity (Wildman–Crippen MR) is 49.1 cm³/mol. The Labute approximate surface area is 95.3 Å². The van der Waals surface area contributed by atoms with Crippen molar-refractivity contribution in [3.05, 3.63) is 33.6 Å². The molecular weight excluding hydrogens is 386 g/mol. The summed E-state index contributed by atoms with van der Waals surface area (Å²) < 4.78 is 18.5. The quantitative estimate of drug-likeness (QED) is 0.577. The molecule has 0 N–H and O–H groups in total. The van der Waals surface area contributed by atoms with Crippen molar-refractivity contribution in [3.63, 3.8) is 0 Å². The molecule has 0 unspecified atom stereocenters. The second kappa shape index (κ2) is 4.65. The fourth-order valence-electron chi connectivity index (χ4n) is 1.05. The zero-order chi connectivity index (χ0) is 10.7. The van der Waals surface area contributed by atoms with Crippen molar-refractivity contribution in [2.45, 2.75) is 4.08 Å². The SMILES string of the molecule is COc1c(F)cc([CH2][Po])cc1[N+](=O)[O-]. The van der Waals surface area contributed by atoms with Gasteiger partial charge in [-0.1, -0.05) is 0 Å². The Morgan fingerprint density at radius 3 is 2.71 bits per heavy atom. The van der Waals surface area contributed by atoms with Gasteiger partial charge < -0.3 is 0 Å². The number of nitrogens with zero attached hydrogens (tertiary/aromatic N) is 1. The Kier molecular flexibility index (Phi) is 3.76. The molecule has 0 saturated carbocycles. The maximum absolute atomic E-state index is 13.2.